The van der Waals surface area contributed by atoms with Crippen LogP contribution in [0.3, 0.4) is 0 Å². The van der Waals surface area contributed by atoms with Crippen LogP contribution in [0.15, 0.2) is 97.3 Å². The zero-order valence-electron chi connectivity index (χ0n) is 61.8. The first-order valence-electron chi connectivity index (χ1n) is 35.5. The summed E-state index contributed by atoms with van der Waals surface area (Å²) < 4.78 is 0. The molecule has 2 aromatic heterocycles. The summed E-state index contributed by atoms with van der Waals surface area (Å²) in [5, 5.41) is 65.0. The van der Waals surface area contributed by atoms with Crippen molar-refractivity contribution in [3.63, 3.8) is 0 Å². The first-order valence-corrected chi connectivity index (χ1v) is 37.8. The van der Waals surface area contributed by atoms with Crippen molar-refractivity contribution < 1.29 is 78.0 Å². The lowest BCUT2D eigenvalue weighted by molar-refractivity contribution is -0.143. The van der Waals surface area contributed by atoms with E-state index >= 15 is 4.79 Å². The fourth-order valence-corrected chi connectivity index (χ4v) is 14.4. The molecule has 574 valence electrons. The second kappa shape index (κ2) is 37.2. The molecule has 2 aliphatic rings. The summed E-state index contributed by atoms with van der Waals surface area (Å²) in [5.41, 5.74) is 5.05. The molecule has 0 aliphatic carbocycles. The minimum atomic E-state index is -1.87. The molecule has 30 heteroatoms. The van der Waals surface area contributed by atoms with Gasteiger partial charge in [-0.05, 0) is 136 Å². The number of aliphatic hydroxyl groups is 2. The number of thioether (sulfide) groups is 2. The molecule has 1 fully saturated rings. The summed E-state index contributed by atoms with van der Waals surface area (Å²) >= 11 is 2.76. The van der Waals surface area contributed by atoms with Crippen molar-refractivity contribution in [1.29, 1.82) is 0 Å². The van der Waals surface area contributed by atoms with Crippen LogP contribution in [0.2, 0.25) is 0 Å². The molecule has 0 spiro atoms. The molecule has 0 unspecified atom stereocenters. The minimum absolute atomic E-state index is 0.00244. The number of phenols is 2. The van der Waals surface area contributed by atoms with Gasteiger partial charge in [0.25, 0.3) is 0 Å². The topological polar surface area (TPSA) is 440 Å². The minimum Gasteiger partial charge on any atom is -0.508 e. The van der Waals surface area contributed by atoms with Crippen molar-refractivity contribution in [3.8, 4) is 11.5 Å². The zero-order valence-corrected chi connectivity index (χ0v) is 63.5. The summed E-state index contributed by atoms with van der Waals surface area (Å²) in [5.74, 6) is -11.6. The average molecular weight is 1500 g/mol. The number of carbonyl (C=O) groups excluding carboxylic acids is 12. The van der Waals surface area contributed by atoms with Crippen LogP contribution in [0.25, 0.3) is 11.0 Å². The smallest absolute Gasteiger partial charge is 0.246 e. The quantitative estimate of drug-likeness (QED) is 0.0953. The van der Waals surface area contributed by atoms with Gasteiger partial charge in [0.15, 0.2) is 11.6 Å². The number of fused-ring (bicyclic) bond motifs is 4. The number of aliphatic hydroxyl groups excluding tert-OH is 2. The lowest BCUT2D eigenvalue weighted by atomic mass is 9.78. The van der Waals surface area contributed by atoms with E-state index in [1.165, 1.54) is 94.2 Å². The van der Waals surface area contributed by atoms with Crippen LogP contribution in [-0.2, 0) is 88.3 Å². The van der Waals surface area contributed by atoms with Gasteiger partial charge in [-0.25, -0.2) is 4.98 Å². The number of H-pyrrole nitrogens is 1. The number of ketones is 2. The number of aromatic nitrogens is 2. The Balaban J connectivity index is 1.20. The average Bonchev–Trinajstić information content (AvgIpc) is 1.48. The molecule has 106 heavy (non-hydrogen) atoms. The molecule has 15 N–H and O–H groups in total. The van der Waals surface area contributed by atoms with E-state index in [0.29, 0.717) is 51.4 Å². The van der Waals surface area contributed by atoms with Gasteiger partial charge in [-0.2, -0.15) is 23.5 Å². The summed E-state index contributed by atoms with van der Waals surface area (Å²) in [7, 11) is 0. The van der Waals surface area contributed by atoms with Gasteiger partial charge < -0.3 is 78.6 Å². The lowest BCUT2D eigenvalue weighted by Crippen LogP contribution is -2.63. The van der Waals surface area contributed by atoms with Gasteiger partial charge in [-0.15, -0.1) is 0 Å². The van der Waals surface area contributed by atoms with Gasteiger partial charge in [-0.1, -0.05) is 83.1 Å². The Hall–Kier alpha value is -9.39. The van der Waals surface area contributed by atoms with Gasteiger partial charge in [0.1, 0.15) is 58.9 Å². The largest absolute Gasteiger partial charge is 0.508 e. The second-order valence-corrected chi connectivity index (χ2v) is 31.8. The van der Waals surface area contributed by atoms with E-state index in [1.807, 2.05) is 24.3 Å². The highest BCUT2D eigenvalue weighted by molar-refractivity contribution is 7.98. The summed E-state index contributed by atoms with van der Waals surface area (Å²) in [6.45, 7) is 16.7. The number of benzene rings is 3. The second-order valence-electron chi connectivity index (χ2n) is 29.7. The highest BCUT2D eigenvalue weighted by Crippen LogP contribution is 2.29. The van der Waals surface area contributed by atoms with Gasteiger partial charge >= 0.3 is 0 Å². The van der Waals surface area contributed by atoms with Crippen molar-refractivity contribution in [2.24, 2.45) is 28.9 Å². The number of hydrogen-bond donors (Lipinski definition) is 14. The summed E-state index contributed by atoms with van der Waals surface area (Å²) in [4.78, 5) is 182. The maximum atomic E-state index is 15.0. The van der Waals surface area contributed by atoms with Crippen LogP contribution >= 0.6 is 23.5 Å². The van der Waals surface area contributed by atoms with Crippen molar-refractivity contribution in [2.75, 3.05) is 18.1 Å². The lowest BCUT2D eigenvalue weighted by Gasteiger charge is -2.36. The van der Waals surface area contributed by atoms with Crippen molar-refractivity contribution in [1.82, 2.24) is 57.4 Å². The predicted octanol–water partition coefficient (Wildman–Crippen LogP) is 3.36. The van der Waals surface area contributed by atoms with Crippen LogP contribution in [0.5, 0.6) is 11.5 Å². The van der Waals surface area contributed by atoms with Crippen molar-refractivity contribution in [2.45, 2.75) is 205 Å². The monoisotopic (exact) mass is 1500 g/mol. The Bertz CT molecular complexity index is 3990. The molecular weight excluding hydrogens is 1400 g/mol. The molecule has 2 aliphatic heterocycles. The number of nitrogens with zero attached hydrogens (tertiary/aromatic N) is 2. The highest BCUT2D eigenvalue weighted by atomic mass is 32.2. The molecule has 12 atom stereocenters. The number of hydrogen-bond acceptors (Lipinski definition) is 19. The Morgan fingerprint density at radius 3 is 1.91 bits per heavy atom. The molecule has 7 rings (SSSR count). The first-order chi connectivity index (χ1) is 49.8. The van der Waals surface area contributed by atoms with Crippen LogP contribution in [0.1, 0.15) is 136 Å². The number of primary amides is 1. The molecule has 2 bridgehead atoms. The molecule has 10 amide bonds. The third-order valence-corrected chi connectivity index (χ3v) is 21.5. The van der Waals surface area contributed by atoms with E-state index in [-0.39, 0.29) is 55.9 Å². The standard InChI is InChI=1S/C76H102N12O16S2/c1-41(2)76(11)60(94)36-54(43(4)89)67(98)83-57(64(77)96)40-106-39-48-16-12-15-47(31-48)38-105-30-27-61(95)84-63(74(6,7)8)71(102)82-56(33-46-21-25-52(92)26-22-46)72(103)88-29-14-18-58(88)69(100)85-62(44(5)90)70(101)81-55(34-50-37-79-65-53(50)17-13-28-78-65)68(99)86-75(9,10)73(104)80-42(3)59(93)35-49(66(97)87-76)32-45-19-23-51(91)24-20-45/h12-13,15-17,19-26,28,31,37,41-44,49,54-58,62-63,89-92H,14,18,27,29-30,32-36,38-40H2,1-11H3,(H2,77,96)(H,78,79)(H,80,104)(H,81,101)(H,82,102)(H,83,98)(H,84,95)(H,85,100)(H,86,99)(H,87,97)/t42-,43-,44+,49+,54-,55-,56-,57-,58-,62-,63+,76-/m0/s1. The molecule has 0 radical (unpaired) electrons. The number of aromatic hydroxyl groups is 2. The van der Waals surface area contributed by atoms with E-state index in [1.54, 1.807) is 83.4 Å². The number of amides is 10. The van der Waals surface area contributed by atoms with Crippen LogP contribution in [-0.4, -0.2) is 190 Å². The van der Waals surface area contributed by atoms with E-state index < -0.39 is 172 Å². The molecule has 0 saturated carbocycles. The summed E-state index contributed by atoms with van der Waals surface area (Å²) in [6, 6.07) is 13.1. The number of phenolic OH excluding ortho intramolecular Hbond substituents is 2. The maximum Gasteiger partial charge on any atom is 0.246 e. The van der Waals surface area contributed by atoms with E-state index in [9.17, 15) is 73.2 Å². The van der Waals surface area contributed by atoms with Gasteiger partial charge in [0.2, 0.25) is 59.1 Å². The fraction of sp³-hybridized carbons (Fsp3) is 0.513. The SMILES string of the molecule is CC(C)[C@]1(C)NC(=O)[C@H](Cc2ccc(O)cc2)CC(=O)[C@H](C)NC(=O)C(C)(C)NC(=O)[C@H](Cc2c[nH]c3ncccc23)NC(=O)[C@H]([C@@H](C)O)NC(=O)[C@@H]2CCCN2C(=O)[C@H](Cc2ccc(O)cc2)NC(=O)[C@H](C(C)(C)C)NC(=O)CCSCc2cccc(c2)CSC[C@@H](C(N)=O)NC(=O)[C@H]([C@H](C)O)CC1=O. The van der Waals surface area contributed by atoms with Gasteiger partial charge in [0, 0.05) is 85.4 Å². The first kappa shape index (κ1) is 83.9. The highest BCUT2D eigenvalue weighted by Gasteiger charge is 2.45. The molecular formula is C76H102N12O16S2. The normalized spacial score (nSPS) is 25.7. The van der Waals surface area contributed by atoms with Crippen molar-refractivity contribution in [3.05, 3.63) is 125 Å². The number of nitrogens with one attached hydrogen (secondary N) is 9. The molecule has 1 saturated heterocycles. The Labute approximate surface area is 625 Å². The molecule has 4 heterocycles. The van der Waals surface area contributed by atoms with Gasteiger partial charge in [0.05, 0.1) is 29.7 Å². The molecule has 5 aromatic rings. The van der Waals surface area contributed by atoms with Crippen LogP contribution < -0.4 is 48.3 Å². The zero-order chi connectivity index (χ0) is 78.1. The van der Waals surface area contributed by atoms with Crippen LogP contribution in [0.4, 0.5) is 0 Å². The Morgan fingerprint density at radius 1 is 0.679 bits per heavy atom. The number of rotatable bonds is 10. The predicted molar refractivity (Wildman–Crippen MR) is 401 cm³/mol. The number of aromatic amines is 1. The Morgan fingerprint density at radius 2 is 1.30 bits per heavy atom. The van der Waals surface area contributed by atoms with Gasteiger partial charge in [-0.3, -0.25) is 57.5 Å². The van der Waals surface area contributed by atoms with Crippen LogP contribution in [0, 0.1) is 23.2 Å². The maximum absolute atomic E-state index is 15.0. The number of pyridine rings is 1. The number of Topliss-reactive ketones (excluding diaryl/α,β-unsaturated/α-hetero) is 2. The molecule has 3 aromatic carbocycles. The molecule has 28 nitrogen and oxygen atoms in total. The third-order valence-electron chi connectivity index (χ3n) is 19.4. The number of carbonyl (C=O) groups is 12. The fourth-order valence-electron chi connectivity index (χ4n) is 12.5. The van der Waals surface area contributed by atoms with Crippen molar-refractivity contribution >= 4 is 105 Å². The Kier molecular flexibility index (Phi) is 29.5. The van der Waals surface area contributed by atoms with E-state index in [0.717, 1.165) is 11.1 Å². The third kappa shape index (κ3) is 23.1. The summed E-state index contributed by atoms with van der Waals surface area (Å²) in [6.07, 6.45) is -1.16. The van der Waals surface area contributed by atoms with E-state index in [4.69, 9.17) is 5.73 Å². The van der Waals surface area contributed by atoms with E-state index in [2.05, 4.69) is 52.5 Å². The number of nitrogens with two attached hydrogens (primary N) is 1.